The molecule has 0 saturated carbocycles. The summed E-state index contributed by atoms with van der Waals surface area (Å²) in [7, 11) is 0. The Morgan fingerprint density at radius 3 is 2.29 bits per heavy atom. The number of nitrogens with one attached hydrogen (secondary N) is 2. The van der Waals surface area contributed by atoms with Crippen molar-refractivity contribution in [2.45, 2.75) is 32.9 Å². The van der Waals surface area contributed by atoms with Crippen LogP contribution in [0.3, 0.4) is 0 Å². The van der Waals surface area contributed by atoms with Gasteiger partial charge >= 0.3 is 0 Å². The maximum absolute atomic E-state index is 5.42. The Morgan fingerprint density at radius 2 is 1.82 bits per heavy atom. The molecular weight excluding hydrogens is 280 g/mol. The van der Waals surface area contributed by atoms with Gasteiger partial charge in [-0.1, -0.05) is 28.1 Å². The first-order valence-electron chi connectivity index (χ1n) is 5.59. The lowest BCUT2D eigenvalue weighted by molar-refractivity contribution is 0.688. The standard InChI is InChI=1S/C12H19BrN4/c1-8(2)15-12(17-14)16-9(3)10-4-6-11(13)7-5-10/h4-9H,14H2,1-3H3,(H2,15,16,17). The molecule has 0 saturated heterocycles. The number of nitrogens with zero attached hydrogens (tertiary/aromatic N) is 1. The van der Waals surface area contributed by atoms with Gasteiger partial charge in [-0.15, -0.1) is 0 Å². The van der Waals surface area contributed by atoms with Gasteiger partial charge in [0, 0.05) is 10.5 Å². The van der Waals surface area contributed by atoms with E-state index in [0.717, 1.165) is 10.0 Å². The normalized spacial score (nSPS) is 13.6. The molecule has 94 valence electrons. The monoisotopic (exact) mass is 298 g/mol. The lowest BCUT2D eigenvalue weighted by Gasteiger charge is -2.15. The summed E-state index contributed by atoms with van der Waals surface area (Å²) >= 11 is 3.41. The van der Waals surface area contributed by atoms with Gasteiger partial charge in [0.05, 0.1) is 6.04 Å². The summed E-state index contributed by atoms with van der Waals surface area (Å²) in [5, 5.41) is 3.15. The van der Waals surface area contributed by atoms with Gasteiger partial charge in [-0.2, -0.15) is 0 Å². The molecule has 1 rings (SSSR count). The minimum absolute atomic E-state index is 0.0559. The average Bonchev–Trinajstić information content (AvgIpc) is 2.28. The van der Waals surface area contributed by atoms with Crippen molar-refractivity contribution in [3.8, 4) is 0 Å². The van der Waals surface area contributed by atoms with Gasteiger partial charge in [-0.25, -0.2) is 10.8 Å². The minimum Gasteiger partial charge on any atom is -0.353 e. The maximum Gasteiger partial charge on any atom is 0.206 e. The number of hydrazine groups is 1. The van der Waals surface area contributed by atoms with Crippen LogP contribution in [0.4, 0.5) is 0 Å². The fourth-order valence-corrected chi connectivity index (χ4v) is 1.66. The van der Waals surface area contributed by atoms with Crippen molar-refractivity contribution in [1.29, 1.82) is 0 Å². The Hall–Kier alpha value is -1.07. The predicted octanol–water partition coefficient (Wildman–Crippen LogP) is 2.33. The molecule has 0 fully saturated rings. The molecule has 0 aromatic heterocycles. The maximum atomic E-state index is 5.42. The van der Waals surface area contributed by atoms with Crippen LogP contribution in [0.2, 0.25) is 0 Å². The number of aliphatic imine (C=N–C) groups is 1. The molecule has 4 nitrogen and oxygen atoms in total. The minimum atomic E-state index is 0.0559. The van der Waals surface area contributed by atoms with E-state index in [4.69, 9.17) is 5.84 Å². The van der Waals surface area contributed by atoms with Gasteiger partial charge in [0.25, 0.3) is 0 Å². The van der Waals surface area contributed by atoms with E-state index in [1.807, 2.05) is 45.0 Å². The fraction of sp³-hybridized carbons (Fsp3) is 0.417. The topological polar surface area (TPSA) is 62.4 Å². The Balaban J connectivity index is 2.77. The first-order valence-corrected chi connectivity index (χ1v) is 6.38. The number of guanidine groups is 1. The number of halogens is 1. The average molecular weight is 299 g/mol. The molecule has 0 spiro atoms. The predicted molar refractivity (Wildman–Crippen MR) is 75.6 cm³/mol. The van der Waals surface area contributed by atoms with Crippen molar-refractivity contribution >= 4 is 21.9 Å². The third-order valence-electron chi connectivity index (χ3n) is 2.24. The first-order chi connectivity index (χ1) is 8.02. The second-order valence-electron chi connectivity index (χ2n) is 4.15. The molecule has 1 unspecified atom stereocenters. The molecule has 0 amide bonds. The van der Waals surface area contributed by atoms with Crippen LogP contribution < -0.4 is 16.6 Å². The van der Waals surface area contributed by atoms with Gasteiger partial charge in [0.2, 0.25) is 5.96 Å². The van der Waals surface area contributed by atoms with E-state index in [9.17, 15) is 0 Å². The van der Waals surface area contributed by atoms with Crippen LogP contribution in [-0.2, 0) is 0 Å². The third kappa shape index (κ3) is 4.75. The van der Waals surface area contributed by atoms with E-state index >= 15 is 0 Å². The fourth-order valence-electron chi connectivity index (χ4n) is 1.40. The van der Waals surface area contributed by atoms with Crippen LogP contribution in [0.25, 0.3) is 0 Å². The van der Waals surface area contributed by atoms with Crippen molar-refractivity contribution in [2.24, 2.45) is 10.8 Å². The molecule has 4 N–H and O–H groups in total. The number of hydrogen-bond acceptors (Lipinski definition) is 2. The molecule has 0 radical (unpaired) electrons. The number of nitrogens with two attached hydrogens (primary N) is 1. The molecule has 0 heterocycles. The zero-order chi connectivity index (χ0) is 12.8. The van der Waals surface area contributed by atoms with E-state index in [0.29, 0.717) is 12.0 Å². The van der Waals surface area contributed by atoms with E-state index in [1.54, 1.807) is 0 Å². The molecule has 1 aromatic carbocycles. The highest BCUT2D eigenvalue weighted by Crippen LogP contribution is 2.19. The van der Waals surface area contributed by atoms with Crippen molar-refractivity contribution < 1.29 is 0 Å². The highest BCUT2D eigenvalue weighted by molar-refractivity contribution is 9.10. The summed E-state index contributed by atoms with van der Waals surface area (Å²) in [5.74, 6) is 6.03. The summed E-state index contributed by atoms with van der Waals surface area (Å²) in [6.07, 6.45) is 0. The van der Waals surface area contributed by atoms with Crippen molar-refractivity contribution in [3.63, 3.8) is 0 Å². The molecule has 1 aromatic rings. The van der Waals surface area contributed by atoms with E-state index in [1.165, 1.54) is 0 Å². The molecule has 0 aliphatic carbocycles. The molecule has 5 heteroatoms. The third-order valence-corrected chi connectivity index (χ3v) is 2.77. The lowest BCUT2D eigenvalue weighted by atomic mass is 10.1. The Bertz CT molecular complexity index is 373. The van der Waals surface area contributed by atoms with Crippen molar-refractivity contribution in [3.05, 3.63) is 34.3 Å². The second kappa shape index (κ2) is 6.61. The summed E-state index contributed by atoms with van der Waals surface area (Å²) in [6.45, 7) is 6.11. The zero-order valence-electron chi connectivity index (χ0n) is 10.4. The number of rotatable bonds is 3. The van der Waals surface area contributed by atoms with Crippen molar-refractivity contribution in [2.75, 3.05) is 0 Å². The summed E-state index contributed by atoms with van der Waals surface area (Å²) in [5.41, 5.74) is 3.72. The van der Waals surface area contributed by atoms with Gasteiger partial charge in [-0.05, 0) is 38.5 Å². The molecule has 1 atom stereocenters. The Morgan fingerprint density at radius 1 is 1.24 bits per heavy atom. The number of benzene rings is 1. The van der Waals surface area contributed by atoms with E-state index < -0.39 is 0 Å². The van der Waals surface area contributed by atoms with Gasteiger partial charge in [-0.3, -0.25) is 5.43 Å². The highest BCUT2D eigenvalue weighted by Gasteiger charge is 2.06. The Labute approximate surface area is 111 Å². The van der Waals surface area contributed by atoms with E-state index in [-0.39, 0.29) is 6.04 Å². The summed E-state index contributed by atoms with van der Waals surface area (Å²) in [6, 6.07) is 8.45. The Kier molecular flexibility index (Phi) is 5.44. The van der Waals surface area contributed by atoms with Crippen LogP contribution in [0.15, 0.2) is 33.7 Å². The van der Waals surface area contributed by atoms with Crippen LogP contribution in [0.5, 0.6) is 0 Å². The van der Waals surface area contributed by atoms with Crippen LogP contribution in [0, 0.1) is 0 Å². The SMILES string of the molecule is CC(C)NC(=NC(C)c1ccc(Br)cc1)NN. The summed E-state index contributed by atoms with van der Waals surface area (Å²) < 4.78 is 1.06. The van der Waals surface area contributed by atoms with Gasteiger partial charge in [0.15, 0.2) is 0 Å². The zero-order valence-corrected chi connectivity index (χ0v) is 12.0. The second-order valence-corrected chi connectivity index (χ2v) is 5.06. The van der Waals surface area contributed by atoms with Crippen molar-refractivity contribution in [1.82, 2.24) is 10.7 Å². The summed E-state index contributed by atoms with van der Waals surface area (Å²) in [4.78, 5) is 4.49. The molecule has 17 heavy (non-hydrogen) atoms. The molecule has 0 aliphatic rings. The lowest BCUT2D eigenvalue weighted by Crippen LogP contribution is -2.44. The van der Waals surface area contributed by atoms with Crippen LogP contribution in [0.1, 0.15) is 32.4 Å². The van der Waals surface area contributed by atoms with Gasteiger partial charge in [0.1, 0.15) is 0 Å². The molecular formula is C12H19BrN4. The largest absolute Gasteiger partial charge is 0.353 e. The first kappa shape index (κ1) is 14.0. The van der Waals surface area contributed by atoms with Crippen LogP contribution >= 0.6 is 15.9 Å². The highest BCUT2D eigenvalue weighted by atomic mass is 79.9. The smallest absolute Gasteiger partial charge is 0.206 e. The van der Waals surface area contributed by atoms with Gasteiger partial charge < -0.3 is 5.32 Å². The van der Waals surface area contributed by atoms with Crippen LogP contribution in [-0.4, -0.2) is 12.0 Å². The molecule has 0 bridgehead atoms. The van der Waals surface area contributed by atoms with E-state index in [2.05, 4.69) is 31.7 Å². The number of hydrogen-bond donors (Lipinski definition) is 3. The quantitative estimate of drug-likeness (QED) is 0.347. The molecule has 0 aliphatic heterocycles.